The molecule has 2 nitrogen and oxygen atoms in total. The second kappa shape index (κ2) is 6.38. The Labute approximate surface area is 114 Å². The first-order valence-electron chi connectivity index (χ1n) is 7.69. The molecule has 1 fully saturated rings. The highest BCUT2D eigenvalue weighted by atomic mass is 16.5. The standard InChI is InChI=1S/C16H33NO/c1-7-17-12-16(18-15(4,5)6)10-8-14(9-11-16)13(2)3/h13-14,17H,7-12H2,1-6H3. The fourth-order valence-corrected chi connectivity index (χ4v) is 3.15. The summed E-state index contributed by atoms with van der Waals surface area (Å²) in [6.07, 6.45) is 5.05. The minimum Gasteiger partial charge on any atom is -0.368 e. The van der Waals surface area contributed by atoms with Crippen LogP contribution in [0.3, 0.4) is 0 Å². The second-order valence-corrected chi connectivity index (χ2v) is 7.26. The third kappa shape index (κ3) is 4.89. The maximum Gasteiger partial charge on any atom is 0.0813 e. The summed E-state index contributed by atoms with van der Waals surface area (Å²) < 4.78 is 6.43. The van der Waals surface area contributed by atoms with Crippen LogP contribution in [-0.4, -0.2) is 24.3 Å². The van der Waals surface area contributed by atoms with Crippen LogP contribution >= 0.6 is 0 Å². The average molecular weight is 255 g/mol. The van der Waals surface area contributed by atoms with Crippen molar-refractivity contribution < 1.29 is 4.74 Å². The number of ether oxygens (including phenoxy) is 1. The van der Waals surface area contributed by atoms with E-state index in [1.807, 2.05) is 0 Å². The topological polar surface area (TPSA) is 21.3 Å². The smallest absolute Gasteiger partial charge is 0.0813 e. The Bertz CT molecular complexity index is 234. The molecule has 0 aliphatic heterocycles. The highest BCUT2D eigenvalue weighted by molar-refractivity contribution is 4.91. The SMILES string of the molecule is CCNCC1(OC(C)(C)C)CCC(C(C)C)CC1. The van der Waals surface area contributed by atoms with Gasteiger partial charge in [0, 0.05) is 6.54 Å². The van der Waals surface area contributed by atoms with E-state index >= 15 is 0 Å². The molecule has 0 bridgehead atoms. The van der Waals surface area contributed by atoms with Crippen molar-refractivity contribution >= 4 is 0 Å². The van der Waals surface area contributed by atoms with Crippen LogP contribution in [0.1, 0.15) is 67.2 Å². The van der Waals surface area contributed by atoms with Crippen molar-refractivity contribution in [1.82, 2.24) is 5.32 Å². The summed E-state index contributed by atoms with van der Waals surface area (Å²) in [6.45, 7) is 15.4. The fourth-order valence-electron chi connectivity index (χ4n) is 3.15. The highest BCUT2D eigenvalue weighted by Gasteiger charge is 2.39. The molecule has 1 saturated carbocycles. The van der Waals surface area contributed by atoms with Gasteiger partial charge in [-0.25, -0.2) is 0 Å². The molecule has 0 saturated heterocycles. The van der Waals surface area contributed by atoms with Crippen LogP contribution in [0.4, 0.5) is 0 Å². The number of likely N-dealkylation sites (N-methyl/N-ethyl adjacent to an activating group) is 1. The molecule has 1 N–H and O–H groups in total. The lowest BCUT2D eigenvalue weighted by Crippen LogP contribution is -2.50. The normalized spacial score (nSPS) is 29.8. The number of rotatable bonds is 5. The van der Waals surface area contributed by atoms with Crippen LogP contribution in [0, 0.1) is 11.8 Å². The van der Waals surface area contributed by atoms with Gasteiger partial charge in [0.05, 0.1) is 11.2 Å². The monoisotopic (exact) mass is 255 g/mol. The first kappa shape index (κ1) is 16.0. The predicted molar refractivity (Wildman–Crippen MR) is 78.9 cm³/mol. The van der Waals surface area contributed by atoms with Crippen molar-refractivity contribution in [3.63, 3.8) is 0 Å². The summed E-state index contributed by atoms with van der Waals surface area (Å²) in [5.41, 5.74) is 0.0275. The van der Waals surface area contributed by atoms with Crippen molar-refractivity contribution in [3.05, 3.63) is 0 Å². The summed E-state index contributed by atoms with van der Waals surface area (Å²) in [7, 11) is 0. The van der Waals surface area contributed by atoms with Gasteiger partial charge < -0.3 is 10.1 Å². The van der Waals surface area contributed by atoms with Gasteiger partial charge >= 0.3 is 0 Å². The van der Waals surface area contributed by atoms with E-state index in [1.165, 1.54) is 25.7 Å². The molecular weight excluding hydrogens is 222 g/mol. The Morgan fingerprint density at radius 3 is 2.17 bits per heavy atom. The van der Waals surface area contributed by atoms with Crippen LogP contribution in [0.2, 0.25) is 0 Å². The van der Waals surface area contributed by atoms with Crippen molar-refractivity contribution in [2.45, 2.75) is 78.4 Å². The molecule has 108 valence electrons. The van der Waals surface area contributed by atoms with Crippen molar-refractivity contribution in [3.8, 4) is 0 Å². The number of nitrogens with one attached hydrogen (secondary N) is 1. The van der Waals surface area contributed by atoms with Crippen molar-refractivity contribution in [1.29, 1.82) is 0 Å². The Hall–Kier alpha value is -0.0800. The second-order valence-electron chi connectivity index (χ2n) is 7.26. The van der Waals surface area contributed by atoms with Crippen LogP contribution in [-0.2, 0) is 4.74 Å². The molecule has 0 aromatic heterocycles. The summed E-state index contributed by atoms with van der Waals surface area (Å²) in [4.78, 5) is 0. The Balaban J connectivity index is 2.63. The molecule has 1 aliphatic carbocycles. The first-order chi connectivity index (χ1) is 8.28. The van der Waals surface area contributed by atoms with Crippen molar-refractivity contribution in [2.24, 2.45) is 11.8 Å². The van der Waals surface area contributed by atoms with Gasteiger partial charge in [-0.3, -0.25) is 0 Å². The Kier molecular flexibility index (Phi) is 5.67. The van der Waals surface area contributed by atoms with Crippen LogP contribution < -0.4 is 5.32 Å². The molecular formula is C16H33NO. The zero-order valence-electron chi connectivity index (χ0n) is 13.3. The van der Waals surface area contributed by atoms with Gasteiger partial charge in [0.1, 0.15) is 0 Å². The van der Waals surface area contributed by atoms with E-state index in [1.54, 1.807) is 0 Å². The molecule has 0 aromatic carbocycles. The zero-order chi connectivity index (χ0) is 13.8. The molecule has 1 aliphatic rings. The quantitative estimate of drug-likeness (QED) is 0.802. The molecule has 18 heavy (non-hydrogen) atoms. The Morgan fingerprint density at radius 2 is 1.78 bits per heavy atom. The van der Waals surface area contributed by atoms with Gasteiger partial charge in [-0.15, -0.1) is 0 Å². The zero-order valence-corrected chi connectivity index (χ0v) is 13.3. The van der Waals surface area contributed by atoms with Gasteiger partial charge in [0.2, 0.25) is 0 Å². The van der Waals surface area contributed by atoms with E-state index in [0.29, 0.717) is 0 Å². The van der Waals surface area contributed by atoms with Gasteiger partial charge in [0.15, 0.2) is 0 Å². The third-order valence-corrected chi connectivity index (χ3v) is 4.10. The molecule has 0 atom stereocenters. The van der Waals surface area contributed by atoms with Gasteiger partial charge in [0.25, 0.3) is 0 Å². The van der Waals surface area contributed by atoms with Crippen LogP contribution in [0.5, 0.6) is 0 Å². The minimum atomic E-state index is -0.0416. The lowest BCUT2D eigenvalue weighted by atomic mass is 9.74. The molecule has 0 radical (unpaired) electrons. The number of hydrogen-bond donors (Lipinski definition) is 1. The Morgan fingerprint density at radius 1 is 1.22 bits per heavy atom. The molecule has 0 unspecified atom stereocenters. The largest absolute Gasteiger partial charge is 0.368 e. The van der Waals surface area contributed by atoms with E-state index in [-0.39, 0.29) is 11.2 Å². The van der Waals surface area contributed by atoms with E-state index in [4.69, 9.17) is 4.74 Å². The molecule has 0 aromatic rings. The molecule has 0 heterocycles. The molecule has 1 rings (SSSR count). The third-order valence-electron chi connectivity index (χ3n) is 4.10. The highest BCUT2D eigenvalue weighted by Crippen LogP contribution is 2.39. The van der Waals surface area contributed by atoms with E-state index < -0.39 is 0 Å². The summed E-state index contributed by atoms with van der Waals surface area (Å²) in [6, 6.07) is 0. The van der Waals surface area contributed by atoms with Gasteiger partial charge in [-0.1, -0.05) is 20.8 Å². The maximum atomic E-state index is 6.43. The lowest BCUT2D eigenvalue weighted by Gasteiger charge is -2.45. The first-order valence-corrected chi connectivity index (χ1v) is 7.69. The average Bonchev–Trinajstić information content (AvgIpc) is 2.25. The van der Waals surface area contributed by atoms with Crippen molar-refractivity contribution in [2.75, 3.05) is 13.1 Å². The van der Waals surface area contributed by atoms with Gasteiger partial charge in [-0.05, 0) is 64.8 Å². The minimum absolute atomic E-state index is 0.0416. The van der Waals surface area contributed by atoms with E-state index in [9.17, 15) is 0 Å². The van der Waals surface area contributed by atoms with Crippen LogP contribution in [0.25, 0.3) is 0 Å². The lowest BCUT2D eigenvalue weighted by molar-refractivity contribution is -0.152. The maximum absolute atomic E-state index is 6.43. The molecule has 0 amide bonds. The summed E-state index contributed by atoms with van der Waals surface area (Å²) in [5.74, 6) is 1.71. The van der Waals surface area contributed by atoms with E-state index in [0.717, 1.165) is 24.9 Å². The fraction of sp³-hybridized carbons (Fsp3) is 1.00. The summed E-state index contributed by atoms with van der Waals surface area (Å²) in [5, 5.41) is 3.50. The predicted octanol–water partition coefficient (Wildman–Crippen LogP) is 4.00. The number of hydrogen-bond acceptors (Lipinski definition) is 2. The molecule has 2 heteroatoms. The summed E-state index contributed by atoms with van der Waals surface area (Å²) >= 11 is 0. The molecule has 0 spiro atoms. The van der Waals surface area contributed by atoms with Gasteiger partial charge in [-0.2, -0.15) is 0 Å². The van der Waals surface area contributed by atoms with Crippen LogP contribution in [0.15, 0.2) is 0 Å². The van der Waals surface area contributed by atoms with E-state index in [2.05, 4.69) is 46.9 Å².